The van der Waals surface area contributed by atoms with Crippen molar-refractivity contribution in [2.45, 2.75) is 46.5 Å². The Labute approximate surface area is 85.9 Å². The molecule has 15 heavy (non-hydrogen) atoms. The molecule has 4 heteroatoms. The Kier molecular flexibility index (Phi) is 15.0. The standard InChI is InChI=1S/C7H12O2.C4H7O.Rf/c1-6(8)4-3-5-7(2)9;1-3-4(2)5;/h3-5H2,1-2H3;1,3H2,2H3;/q;-1;. The number of hydrogen-bond acceptors (Lipinski definition) is 3. The first-order chi connectivity index (χ1) is 6.40. The van der Waals surface area contributed by atoms with Crippen molar-refractivity contribution in [3.05, 3.63) is 6.92 Å². The molecule has 0 spiro atoms. The number of carbonyl (C=O) groups is 3. The van der Waals surface area contributed by atoms with Crippen LogP contribution in [0.15, 0.2) is 0 Å². The molecule has 0 rings (SSSR count). The number of rotatable bonds is 5. The summed E-state index contributed by atoms with van der Waals surface area (Å²) in [5, 5.41) is 0. The maximum absolute atomic E-state index is 10.3. The molecule has 0 N–H and O–H groups in total. The van der Waals surface area contributed by atoms with E-state index in [-0.39, 0.29) is 17.3 Å². The molecule has 0 aliphatic heterocycles. The van der Waals surface area contributed by atoms with E-state index in [2.05, 4.69) is 6.92 Å². The summed E-state index contributed by atoms with van der Waals surface area (Å²) >= 11 is 0. The molecule has 0 aromatic rings. The molecule has 0 saturated heterocycles. The molecule has 0 bridgehead atoms. The number of carbonyl (C=O) groups excluding carboxylic acids is 3. The van der Waals surface area contributed by atoms with Crippen molar-refractivity contribution < 1.29 is 14.4 Å². The van der Waals surface area contributed by atoms with Crippen molar-refractivity contribution in [2.24, 2.45) is 0 Å². The van der Waals surface area contributed by atoms with Gasteiger partial charge in [-0.25, -0.2) is 0 Å². The molecular weight excluding hydrogens is 447 g/mol. The van der Waals surface area contributed by atoms with Gasteiger partial charge in [-0.1, -0.05) is 0 Å². The predicted molar refractivity (Wildman–Crippen MR) is 55.9 cm³/mol. The fourth-order valence-corrected chi connectivity index (χ4v) is 0.586. The number of ketones is 3. The van der Waals surface area contributed by atoms with E-state index < -0.39 is 0 Å². The summed E-state index contributed by atoms with van der Waals surface area (Å²) in [4.78, 5) is 30.4. The molecule has 0 aromatic carbocycles. The second kappa shape index (κ2) is 12.0. The van der Waals surface area contributed by atoms with Gasteiger partial charge in [0.05, 0.1) is 5.78 Å². The maximum atomic E-state index is 10.3. The van der Waals surface area contributed by atoms with Crippen LogP contribution in [0.3, 0.4) is 0 Å². The molecule has 0 atom stereocenters. The van der Waals surface area contributed by atoms with Gasteiger partial charge in [-0.2, -0.15) is 0 Å². The first kappa shape index (κ1) is 18.7. The molecule has 0 heterocycles. The van der Waals surface area contributed by atoms with Crippen LogP contribution in [-0.4, -0.2) is 17.3 Å². The van der Waals surface area contributed by atoms with Crippen LogP contribution in [0.4, 0.5) is 0 Å². The van der Waals surface area contributed by atoms with Crippen LogP contribution in [0.5, 0.6) is 0 Å². The van der Waals surface area contributed by atoms with Gasteiger partial charge >= 0.3 is 0 Å². The van der Waals surface area contributed by atoms with E-state index in [0.717, 1.165) is 0 Å². The van der Waals surface area contributed by atoms with Crippen LogP contribution in [0.2, 0.25) is 0 Å². The summed E-state index contributed by atoms with van der Waals surface area (Å²) in [5.74, 6) is 0.470. The first-order valence-electron chi connectivity index (χ1n) is 4.67. The van der Waals surface area contributed by atoms with Crippen molar-refractivity contribution in [2.75, 3.05) is 0 Å². The van der Waals surface area contributed by atoms with Crippen molar-refractivity contribution in [3.63, 3.8) is 0 Å². The minimum Gasteiger partial charge on any atom is -0.336 e. The predicted octanol–water partition coefficient (Wildman–Crippen LogP) is 2.13. The molecule has 0 saturated carbocycles. The van der Waals surface area contributed by atoms with Crippen LogP contribution < -0.4 is 0 Å². The van der Waals surface area contributed by atoms with E-state index in [1.807, 2.05) is 0 Å². The van der Waals surface area contributed by atoms with Gasteiger partial charge in [-0.15, -0.1) is 6.42 Å². The Balaban J connectivity index is -0.000000208. The minimum absolute atomic E-state index is 0. The smallest absolute Gasteiger partial charge is 0.129 e. The average molecular weight is 466 g/mol. The van der Waals surface area contributed by atoms with Crippen LogP contribution >= 0.6 is 0 Å². The third-order valence-corrected chi connectivity index (χ3v) is 1.41. The quantitative estimate of drug-likeness (QED) is 0.584. The summed E-state index contributed by atoms with van der Waals surface area (Å²) < 4.78 is 0. The third kappa shape index (κ3) is 33.3. The molecule has 0 fully saturated rings. The average Bonchev–Trinajstić information content (AvgIpc) is 2.04. The third-order valence-electron chi connectivity index (χ3n) is 1.41. The maximum Gasteiger partial charge on any atom is 0.129 e. The second-order valence-electron chi connectivity index (χ2n) is 3.21. The summed E-state index contributed by atoms with van der Waals surface area (Å²) in [6.45, 7) is 7.94. The van der Waals surface area contributed by atoms with Gasteiger partial charge in [-0.05, 0) is 27.2 Å². The Hall–Kier alpha value is -1.99. The van der Waals surface area contributed by atoms with Gasteiger partial charge in [0.15, 0.2) is 0 Å². The molecule has 0 amide bonds. The Bertz CT molecular complexity index is 186. The van der Waals surface area contributed by atoms with Gasteiger partial charge in [0.2, 0.25) is 0 Å². The molecule has 84 valence electrons. The SMILES string of the molecule is CC(=O)CCCC(C)=O.[CH2-]CC(C)=O.[Rf]. The van der Waals surface area contributed by atoms with Gasteiger partial charge in [0, 0.05) is 12.8 Å². The van der Waals surface area contributed by atoms with Crippen LogP contribution in [0, 0.1) is 6.92 Å². The van der Waals surface area contributed by atoms with E-state index in [9.17, 15) is 14.4 Å². The van der Waals surface area contributed by atoms with Crippen LogP contribution in [0.1, 0.15) is 46.5 Å². The zero-order chi connectivity index (χ0) is 11.6. The van der Waals surface area contributed by atoms with E-state index in [1.54, 1.807) is 13.8 Å². The molecule has 0 unspecified atom stereocenters. The first-order valence-corrected chi connectivity index (χ1v) is 4.67. The Morgan fingerprint density at radius 2 is 1.13 bits per heavy atom. The van der Waals surface area contributed by atoms with Gasteiger partial charge in [-0.3, -0.25) is 0 Å². The number of hydrogen-bond donors (Lipinski definition) is 0. The largest absolute Gasteiger partial charge is 0.336 e. The van der Waals surface area contributed by atoms with E-state index in [0.29, 0.717) is 25.7 Å². The van der Waals surface area contributed by atoms with Crippen molar-refractivity contribution in [3.8, 4) is 0 Å². The number of Topliss-reactive ketones (excluding diaryl/α,β-unsaturated/α-hetero) is 3. The van der Waals surface area contributed by atoms with E-state index in [4.69, 9.17) is 0 Å². The Morgan fingerprint density at radius 1 is 0.867 bits per heavy atom. The molecular formula is C11H19O3Rf-. The fourth-order valence-electron chi connectivity index (χ4n) is 0.586. The van der Waals surface area contributed by atoms with E-state index in [1.165, 1.54) is 6.92 Å². The second-order valence-corrected chi connectivity index (χ2v) is 3.21. The summed E-state index contributed by atoms with van der Waals surface area (Å²) in [5.41, 5.74) is 0. The van der Waals surface area contributed by atoms with Crippen molar-refractivity contribution >= 4 is 17.3 Å². The summed E-state index contributed by atoms with van der Waals surface area (Å²) in [6, 6.07) is 0. The normalized spacial score (nSPS) is 8.00. The summed E-state index contributed by atoms with van der Waals surface area (Å²) in [7, 11) is 0. The molecule has 3 nitrogen and oxygen atoms in total. The van der Waals surface area contributed by atoms with Gasteiger partial charge in [0.25, 0.3) is 0 Å². The van der Waals surface area contributed by atoms with Gasteiger partial charge < -0.3 is 21.3 Å². The summed E-state index contributed by atoms with van der Waals surface area (Å²) in [6.07, 6.45) is 2.21. The molecule has 0 aliphatic rings. The minimum atomic E-state index is 0. The molecule has 0 radical (unpaired) electrons. The fraction of sp³-hybridized carbons (Fsp3) is 0.636. The van der Waals surface area contributed by atoms with Gasteiger partial charge in [0.1, 0.15) is 11.6 Å². The van der Waals surface area contributed by atoms with E-state index >= 15 is 0 Å². The van der Waals surface area contributed by atoms with Crippen LogP contribution in [0.25, 0.3) is 0 Å². The van der Waals surface area contributed by atoms with Crippen LogP contribution in [-0.2, 0) is 14.4 Å². The Morgan fingerprint density at radius 3 is 1.27 bits per heavy atom. The topological polar surface area (TPSA) is 51.2 Å². The zero-order valence-corrected chi connectivity index (χ0v) is 16.4. The molecule has 0 aliphatic carbocycles. The zero-order valence-electron chi connectivity index (χ0n) is 9.97. The monoisotopic (exact) mass is 466 g/mol. The van der Waals surface area contributed by atoms with Crippen molar-refractivity contribution in [1.29, 1.82) is 0 Å². The molecule has 0 aromatic heterocycles. The van der Waals surface area contributed by atoms with Crippen molar-refractivity contribution in [1.82, 2.24) is 0 Å².